The van der Waals surface area contributed by atoms with Gasteiger partial charge < -0.3 is 5.73 Å². The molecule has 4 heteroatoms. The van der Waals surface area contributed by atoms with Crippen molar-refractivity contribution in [1.29, 1.82) is 0 Å². The molecule has 2 N–H and O–H groups in total. The smallest absolute Gasteiger partial charge is 0.133 e. The molecule has 0 saturated carbocycles. The van der Waals surface area contributed by atoms with Gasteiger partial charge in [-0.15, -0.1) is 0 Å². The van der Waals surface area contributed by atoms with E-state index in [1.165, 1.54) is 6.07 Å². The van der Waals surface area contributed by atoms with Crippen LogP contribution >= 0.6 is 23.2 Å². The lowest BCUT2D eigenvalue weighted by Crippen LogP contribution is -1.94. The lowest BCUT2D eigenvalue weighted by molar-refractivity contribution is 0.632. The van der Waals surface area contributed by atoms with Gasteiger partial charge in [-0.2, -0.15) is 0 Å². The van der Waals surface area contributed by atoms with E-state index in [1.807, 2.05) is 0 Å². The fraction of sp³-hybridized carbons (Fsp3) is 0. The number of hydrogen-bond donors (Lipinski definition) is 1. The van der Waals surface area contributed by atoms with Gasteiger partial charge in [-0.25, -0.2) is 4.39 Å². The maximum Gasteiger partial charge on any atom is 0.133 e. The van der Waals surface area contributed by atoms with E-state index in [0.717, 1.165) is 0 Å². The third kappa shape index (κ3) is 1.86. The lowest BCUT2D eigenvalue weighted by Gasteiger charge is -2.09. The maximum absolute atomic E-state index is 13.7. The van der Waals surface area contributed by atoms with Crippen molar-refractivity contribution in [3.63, 3.8) is 0 Å². The molecule has 0 aliphatic heterocycles. The molecule has 0 unspecified atom stereocenters. The molecule has 2 rings (SSSR count). The van der Waals surface area contributed by atoms with Crippen molar-refractivity contribution in [2.24, 2.45) is 0 Å². The largest absolute Gasteiger partial charge is 0.398 e. The zero-order chi connectivity index (χ0) is 11.7. The summed E-state index contributed by atoms with van der Waals surface area (Å²) in [7, 11) is 0. The van der Waals surface area contributed by atoms with Crippen molar-refractivity contribution in [2.45, 2.75) is 0 Å². The molecule has 0 aliphatic carbocycles. The van der Waals surface area contributed by atoms with Crippen LogP contribution < -0.4 is 5.73 Å². The van der Waals surface area contributed by atoms with E-state index in [0.29, 0.717) is 21.3 Å². The molecular weight excluding hydrogens is 248 g/mol. The molecule has 0 radical (unpaired) electrons. The highest BCUT2D eigenvalue weighted by Crippen LogP contribution is 2.37. The fourth-order valence-electron chi connectivity index (χ4n) is 1.52. The third-order valence-corrected chi connectivity index (χ3v) is 3.09. The predicted molar refractivity (Wildman–Crippen MR) is 66.3 cm³/mol. The van der Waals surface area contributed by atoms with Crippen LogP contribution in [-0.2, 0) is 0 Å². The minimum atomic E-state index is -0.413. The van der Waals surface area contributed by atoms with E-state index in [-0.39, 0.29) is 5.56 Å². The lowest BCUT2D eigenvalue weighted by atomic mass is 10.0. The molecule has 1 nitrogen and oxygen atoms in total. The zero-order valence-corrected chi connectivity index (χ0v) is 9.69. The summed E-state index contributed by atoms with van der Waals surface area (Å²) >= 11 is 11.9. The molecule has 0 aliphatic rings. The van der Waals surface area contributed by atoms with E-state index in [2.05, 4.69) is 0 Å². The van der Waals surface area contributed by atoms with Gasteiger partial charge >= 0.3 is 0 Å². The highest BCUT2D eigenvalue weighted by molar-refractivity contribution is 6.43. The summed E-state index contributed by atoms with van der Waals surface area (Å²) in [5, 5.41) is 0.683. The van der Waals surface area contributed by atoms with Gasteiger partial charge in [0.2, 0.25) is 0 Å². The number of hydrogen-bond acceptors (Lipinski definition) is 1. The molecular formula is C12H8Cl2FN. The second-order valence-electron chi connectivity index (χ2n) is 3.31. The Bertz CT molecular complexity index is 520. The first-order chi connectivity index (χ1) is 7.61. The zero-order valence-electron chi connectivity index (χ0n) is 8.18. The summed E-state index contributed by atoms with van der Waals surface area (Å²) in [6.45, 7) is 0. The maximum atomic E-state index is 13.7. The highest BCUT2D eigenvalue weighted by atomic mass is 35.5. The van der Waals surface area contributed by atoms with Crippen molar-refractivity contribution >= 4 is 28.9 Å². The predicted octanol–water partition coefficient (Wildman–Crippen LogP) is 4.38. The van der Waals surface area contributed by atoms with E-state index < -0.39 is 5.82 Å². The third-order valence-electron chi connectivity index (χ3n) is 2.27. The number of benzene rings is 2. The van der Waals surface area contributed by atoms with Gasteiger partial charge in [-0.05, 0) is 18.2 Å². The number of anilines is 1. The van der Waals surface area contributed by atoms with Crippen LogP contribution in [0.15, 0.2) is 36.4 Å². The normalized spacial score (nSPS) is 10.4. The van der Waals surface area contributed by atoms with Crippen LogP contribution in [0.5, 0.6) is 0 Å². The van der Waals surface area contributed by atoms with Crippen LogP contribution in [0.3, 0.4) is 0 Å². The van der Waals surface area contributed by atoms with E-state index >= 15 is 0 Å². The number of halogens is 3. The SMILES string of the molecule is Nc1cccc(F)c1-c1cccc(Cl)c1Cl. The molecule has 0 fully saturated rings. The molecule has 0 atom stereocenters. The summed E-state index contributed by atoms with van der Waals surface area (Å²) in [5.41, 5.74) is 6.86. The van der Waals surface area contributed by atoms with Crippen LogP contribution in [0.1, 0.15) is 0 Å². The average Bonchev–Trinajstić information content (AvgIpc) is 2.24. The van der Waals surface area contributed by atoms with Crippen molar-refractivity contribution in [3.05, 3.63) is 52.3 Å². The van der Waals surface area contributed by atoms with E-state index in [4.69, 9.17) is 28.9 Å². The average molecular weight is 256 g/mol. The van der Waals surface area contributed by atoms with Crippen molar-refractivity contribution in [1.82, 2.24) is 0 Å². The Labute approximate surface area is 103 Å². The monoisotopic (exact) mass is 255 g/mol. The fourth-order valence-corrected chi connectivity index (χ4v) is 1.92. The first kappa shape index (κ1) is 11.2. The molecule has 2 aromatic carbocycles. The topological polar surface area (TPSA) is 26.0 Å². The summed E-state index contributed by atoms with van der Waals surface area (Å²) in [6.07, 6.45) is 0. The molecule has 0 amide bonds. The Balaban J connectivity index is 2.73. The standard InChI is InChI=1S/C12H8Cl2FN/c13-8-4-1-3-7(12(8)14)11-9(15)5-2-6-10(11)16/h1-6H,16H2. The van der Waals surface area contributed by atoms with Gasteiger partial charge in [0.05, 0.1) is 10.0 Å². The Morgan fingerprint density at radius 3 is 2.38 bits per heavy atom. The molecule has 0 saturated heterocycles. The quantitative estimate of drug-likeness (QED) is 0.752. The summed E-state index contributed by atoms with van der Waals surface area (Å²) in [4.78, 5) is 0. The second-order valence-corrected chi connectivity index (χ2v) is 4.09. The molecule has 0 spiro atoms. The highest BCUT2D eigenvalue weighted by Gasteiger charge is 2.13. The molecule has 0 heterocycles. The second kappa shape index (κ2) is 4.32. The van der Waals surface area contributed by atoms with Gasteiger partial charge in [-0.3, -0.25) is 0 Å². The first-order valence-corrected chi connectivity index (χ1v) is 5.35. The Morgan fingerprint density at radius 1 is 1.00 bits per heavy atom. The summed E-state index contributed by atoms with van der Waals surface area (Å²) in [5.74, 6) is -0.413. The Hall–Kier alpha value is -1.25. The summed E-state index contributed by atoms with van der Waals surface area (Å²) in [6, 6.07) is 9.54. The minimum absolute atomic E-state index is 0.287. The van der Waals surface area contributed by atoms with Gasteiger partial charge in [0.1, 0.15) is 5.82 Å². The first-order valence-electron chi connectivity index (χ1n) is 4.59. The van der Waals surface area contributed by atoms with E-state index in [1.54, 1.807) is 30.3 Å². The van der Waals surface area contributed by atoms with Crippen LogP contribution in [0.25, 0.3) is 11.1 Å². The van der Waals surface area contributed by atoms with Crippen LogP contribution in [0.2, 0.25) is 10.0 Å². The van der Waals surface area contributed by atoms with E-state index in [9.17, 15) is 4.39 Å². The van der Waals surface area contributed by atoms with Crippen LogP contribution in [0, 0.1) is 5.82 Å². The molecule has 82 valence electrons. The summed E-state index contributed by atoms with van der Waals surface area (Å²) < 4.78 is 13.7. The van der Waals surface area contributed by atoms with Gasteiger partial charge in [0, 0.05) is 16.8 Å². The number of nitrogen functional groups attached to an aromatic ring is 1. The van der Waals surface area contributed by atoms with Crippen molar-refractivity contribution in [2.75, 3.05) is 5.73 Å². The molecule has 0 bridgehead atoms. The van der Waals surface area contributed by atoms with Crippen LogP contribution in [0.4, 0.5) is 10.1 Å². The van der Waals surface area contributed by atoms with Gasteiger partial charge in [0.25, 0.3) is 0 Å². The van der Waals surface area contributed by atoms with Crippen molar-refractivity contribution in [3.8, 4) is 11.1 Å². The minimum Gasteiger partial charge on any atom is -0.398 e. The number of nitrogens with two attached hydrogens (primary N) is 1. The molecule has 0 aromatic heterocycles. The molecule has 16 heavy (non-hydrogen) atoms. The van der Waals surface area contributed by atoms with Crippen molar-refractivity contribution < 1.29 is 4.39 Å². The van der Waals surface area contributed by atoms with Crippen LogP contribution in [-0.4, -0.2) is 0 Å². The molecule has 2 aromatic rings. The number of rotatable bonds is 1. The Morgan fingerprint density at radius 2 is 1.69 bits per heavy atom. The van der Waals surface area contributed by atoms with Gasteiger partial charge in [-0.1, -0.05) is 41.4 Å². The Kier molecular flexibility index (Phi) is 3.03. The van der Waals surface area contributed by atoms with Gasteiger partial charge in [0.15, 0.2) is 0 Å².